The minimum absolute atomic E-state index is 0.0523. The molecule has 0 radical (unpaired) electrons. The van der Waals surface area contributed by atoms with Gasteiger partial charge in [0.1, 0.15) is 18.0 Å². The average molecular weight is 457 g/mol. The Labute approximate surface area is 191 Å². The first kappa shape index (κ1) is 25.3. The molecule has 33 heavy (non-hydrogen) atoms. The topological polar surface area (TPSA) is 137 Å². The molecule has 0 atom stereocenters. The van der Waals surface area contributed by atoms with Crippen LogP contribution in [0.15, 0.2) is 36.4 Å². The maximum Gasteiger partial charge on any atom is 0.325 e. The average Bonchev–Trinajstić information content (AvgIpc) is 2.79. The van der Waals surface area contributed by atoms with Crippen LogP contribution in [0.25, 0.3) is 0 Å². The second-order valence-electron chi connectivity index (χ2n) is 7.28. The fourth-order valence-corrected chi connectivity index (χ4v) is 2.78. The number of esters is 1. The molecule has 0 fully saturated rings. The first-order valence-electron chi connectivity index (χ1n) is 10.4. The van der Waals surface area contributed by atoms with E-state index >= 15 is 0 Å². The summed E-state index contributed by atoms with van der Waals surface area (Å²) in [4.78, 5) is 46.8. The molecule has 0 heterocycles. The SMILES string of the molecule is CCCCOc1ccc(C(=O)NCC(=O)OCC(=O)Nc2c([N+](=O)[O-])ccc(C)c2C)cc1. The van der Waals surface area contributed by atoms with Crippen LogP contribution in [0.4, 0.5) is 11.4 Å². The van der Waals surface area contributed by atoms with Crippen molar-refractivity contribution in [3.63, 3.8) is 0 Å². The first-order chi connectivity index (χ1) is 15.7. The van der Waals surface area contributed by atoms with Crippen molar-refractivity contribution >= 4 is 29.2 Å². The molecular formula is C23H27N3O7. The van der Waals surface area contributed by atoms with E-state index in [4.69, 9.17) is 9.47 Å². The molecule has 0 spiro atoms. The molecule has 0 aromatic heterocycles. The molecule has 0 aliphatic carbocycles. The third-order valence-electron chi connectivity index (χ3n) is 4.82. The Hall–Kier alpha value is -3.95. The van der Waals surface area contributed by atoms with Gasteiger partial charge in [0, 0.05) is 11.6 Å². The van der Waals surface area contributed by atoms with Gasteiger partial charge in [-0.15, -0.1) is 0 Å². The maximum atomic E-state index is 12.2. The summed E-state index contributed by atoms with van der Waals surface area (Å²) in [5.74, 6) is -1.39. The highest BCUT2D eigenvalue weighted by Crippen LogP contribution is 2.30. The second kappa shape index (κ2) is 12.2. The zero-order valence-electron chi connectivity index (χ0n) is 18.8. The number of hydrogen-bond donors (Lipinski definition) is 2. The normalized spacial score (nSPS) is 10.3. The zero-order valence-corrected chi connectivity index (χ0v) is 18.8. The number of aryl methyl sites for hydroxylation is 1. The van der Waals surface area contributed by atoms with Crippen molar-refractivity contribution in [2.45, 2.75) is 33.6 Å². The van der Waals surface area contributed by atoms with Gasteiger partial charge in [-0.3, -0.25) is 24.5 Å². The number of hydrogen-bond acceptors (Lipinski definition) is 7. The predicted octanol–water partition coefficient (Wildman–Crippen LogP) is 3.30. The molecule has 176 valence electrons. The number of rotatable bonds is 11. The number of anilines is 1. The van der Waals surface area contributed by atoms with Crippen LogP contribution in [0.3, 0.4) is 0 Å². The molecule has 0 aliphatic rings. The molecule has 2 amide bonds. The largest absolute Gasteiger partial charge is 0.494 e. The molecule has 10 heteroatoms. The summed E-state index contributed by atoms with van der Waals surface area (Å²) in [6, 6.07) is 9.36. The molecule has 0 bridgehead atoms. The van der Waals surface area contributed by atoms with Gasteiger partial charge in [0.15, 0.2) is 6.61 Å². The van der Waals surface area contributed by atoms with Crippen molar-refractivity contribution in [3.05, 3.63) is 63.2 Å². The Kier molecular flexibility index (Phi) is 9.34. The van der Waals surface area contributed by atoms with Crippen LogP contribution in [0.2, 0.25) is 0 Å². The van der Waals surface area contributed by atoms with E-state index in [-0.39, 0.29) is 11.4 Å². The Bertz CT molecular complexity index is 1020. The van der Waals surface area contributed by atoms with E-state index in [1.807, 2.05) is 0 Å². The van der Waals surface area contributed by atoms with Gasteiger partial charge in [0.2, 0.25) is 0 Å². The lowest BCUT2D eigenvalue weighted by Gasteiger charge is -2.11. The Morgan fingerprint density at radius 1 is 1.06 bits per heavy atom. The summed E-state index contributed by atoms with van der Waals surface area (Å²) in [5.41, 5.74) is 1.43. The standard InChI is InChI=1S/C23H27N3O7/c1-4-5-12-32-18-9-7-17(8-10-18)23(29)24-13-21(28)33-14-20(27)25-22-16(3)15(2)6-11-19(22)26(30)31/h6-11H,4-5,12-14H2,1-3H3,(H,24,29)(H,25,27). The Morgan fingerprint density at radius 2 is 1.76 bits per heavy atom. The van der Waals surface area contributed by atoms with Crippen LogP contribution in [-0.2, 0) is 14.3 Å². The van der Waals surface area contributed by atoms with E-state index in [1.54, 1.807) is 44.2 Å². The quantitative estimate of drug-likeness (QED) is 0.229. The number of nitrogens with zero attached hydrogens (tertiary/aromatic N) is 1. The minimum atomic E-state index is -0.825. The summed E-state index contributed by atoms with van der Waals surface area (Å²) in [7, 11) is 0. The number of unbranched alkanes of at least 4 members (excludes halogenated alkanes) is 1. The highest BCUT2D eigenvalue weighted by atomic mass is 16.6. The summed E-state index contributed by atoms with van der Waals surface area (Å²) in [6.45, 7) is 4.96. The zero-order chi connectivity index (χ0) is 24.4. The van der Waals surface area contributed by atoms with E-state index in [2.05, 4.69) is 17.6 Å². The molecule has 2 aromatic carbocycles. The van der Waals surface area contributed by atoms with E-state index in [0.29, 0.717) is 23.5 Å². The van der Waals surface area contributed by atoms with Crippen LogP contribution in [0.5, 0.6) is 5.75 Å². The van der Waals surface area contributed by atoms with Gasteiger partial charge in [-0.2, -0.15) is 0 Å². The highest BCUT2D eigenvalue weighted by molar-refractivity contribution is 5.97. The van der Waals surface area contributed by atoms with Gasteiger partial charge in [0.05, 0.1) is 11.5 Å². The minimum Gasteiger partial charge on any atom is -0.494 e. The maximum absolute atomic E-state index is 12.2. The third kappa shape index (κ3) is 7.60. The number of benzene rings is 2. The van der Waals surface area contributed by atoms with Crippen molar-refractivity contribution in [2.24, 2.45) is 0 Å². The lowest BCUT2D eigenvalue weighted by Crippen LogP contribution is -2.32. The number of nitrogens with one attached hydrogen (secondary N) is 2. The second-order valence-corrected chi connectivity index (χ2v) is 7.28. The van der Waals surface area contributed by atoms with Crippen molar-refractivity contribution in [2.75, 3.05) is 25.1 Å². The van der Waals surface area contributed by atoms with Gasteiger partial charge in [-0.1, -0.05) is 19.4 Å². The van der Waals surface area contributed by atoms with Gasteiger partial charge in [-0.25, -0.2) is 0 Å². The fourth-order valence-electron chi connectivity index (χ4n) is 2.78. The Morgan fingerprint density at radius 3 is 2.39 bits per heavy atom. The lowest BCUT2D eigenvalue weighted by atomic mass is 10.1. The predicted molar refractivity (Wildman–Crippen MR) is 121 cm³/mol. The van der Waals surface area contributed by atoms with E-state index in [1.165, 1.54) is 6.07 Å². The summed E-state index contributed by atoms with van der Waals surface area (Å²) in [6.07, 6.45) is 1.95. The van der Waals surface area contributed by atoms with Crippen LogP contribution in [0.1, 0.15) is 41.3 Å². The molecule has 0 aliphatic heterocycles. The smallest absolute Gasteiger partial charge is 0.325 e. The van der Waals surface area contributed by atoms with Crippen LogP contribution < -0.4 is 15.4 Å². The highest BCUT2D eigenvalue weighted by Gasteiger charge is 2.20. The summed E-state index contributed by atoms with van der Waals surface area (Å²) >= 11 is 0. The van der Waals surface area contributed by atoms with E-state index in [0.717, 1.165) is 18.4 Å². The molecule has 0 saturated heterocycles. The van der Waals surface area contributed by atoms with E-state index < -0.39 is 35.9 Å². The van der Waals surface area contributed by atoms with Crippen molar-refractivity contribution < 1.29 is 28.8 Å². The fraction of sp³-hybridized carbons (Fsp3) is 0.348. The van der Waals surface area contributed by atoms with Gasteiger partial charge in [0.25, 0.3) is 17.5 Å². The number of carbonyl (C=O) groups is 3. The summed E-state index contributed by atoms with van der Waals surface area (Å²) in [5, 5.41) is 16.0. The third-order valence-corrected chi connectivity index (χ3v) is 4.82. The van der Waals surface area contributed by atoms with Crippen molar-refractivity contribution in [1.82, 2.24) is 5.32 Å². The van der Waals surface area contributed by atoms with Gasteiger partial charge >= 0.3 is 5.97 Å². The number of nitro benzene ring substituents is 1. The molecule has 10 nitrogen and oxygen atoms in total. The number of carbonyl (C=O) groups excluding carboxylic acids is 3. The van der Waals surface area contributed by atoms with E-state index in [9.17, 15) is 24.5 Å². The molecule has 2 aromatic rings. The number of amides is 2. The monoisotopic (exact) mass is 457 g/mol. The molecular weight excluding hydrogens is 430 g/mol. The first-order valence-corrected chi connectivity index (χ1v) is 10.4. The summed E-state index contributed by atoms with van der Waals surface area (Å²) < 4.78 is 10.4. The van der Waals surface area contributed by atoms with Gasteiger partial charge < -0.3 is 20.1 Å². The number of ether oxygens (including phenoxy) is 2. The number of nitro groups is 1. The van der Waals surface area contributed by atoms with Crippen LogP contribution in [-0.4, -0.2) is 42.5 Å². The molecule has 0 unspecified atom stereocenters. The Balaban J connectivity index is 1.81. The molecule has 2 N–H and O–H groups in total. The van der Waals surface area contributed by atoms with Crippen LogP contribution >= 0.6 is 0 Å². The van der Waals surface area contributed by atoms with Crippen LogP contribution in [0, 0.1) is 24.0 Å². The molecule has 2 rings (SSSR count). The lowest BCUT2D eigenvalue weighted by molar-refractivity contribution is -0.384. The van der Waals surface area contributed by atoms with Crippen molar-refractivity contribution in [1.29, 1.82) is 0 Å². The van der Waals surface area contributed by atoms with Gasteiger partial charge in [-0.05, 0) is 55.7 Å². The molecule has 0 saturated carbocycles. The van der Waals surface area contributed by atoms with Crippen molar-refractivity contribution in [3.8, 4) is 5.75 Å².